The van der Waals surface area contributed by atoms with Gasteiger partial charge in [-0.3, -0.25) is 0 Å². The molecule has 33 heavy (non-hydrogen) atoms. The Balaban J connectivity index is 1.39. The molecule has 0 N–H and O–H groups in total. The molecular weight excluding hydrogens is 464 g/mol. The summed E-state index contributed by atoms with van der Waals surface area (Å²) in [6.45, 7) is 0. The molecule has 0 nitrogen and oxygen atoms in total. The number of hydrogen-bond donors (Lipinski definition) is 0. The Kier molecular flexibility index (Phi) is 4.09. The molecule has 154 valence electrons. The summed E-state index contributed by atoms with van der Waals surface area (Å²) in [5.74, 6) is 0. The van der Waals surface area contributed by atoms with Crippen molar-refractivity contribution in [1.82, 2.24) is 0 Å². The van der Waals surface area contributed by atoms with Crippen molar-refractivity contribution in [1.29, 1.82) is 0 Å². The second-order valence-electron chi connectivity index (χ2n) is 8.79. The van der Waals surface area contributed by atoms with Gasteiger partial charge in [0.1, 0.15) is 0 Å². The fraction of sp³-hybridized carbons (Fsp3) is 0. The van der Waals surface area contributed by atoms with Gasteiger partial charge in [0, 0.05) is 4.47 Å². The first-order valence-electron chi connectivity index (χ1n) is 11.2. The van der Waals surface area contributed by atoms with E-state index in [1.807, 2.05) is 0 Å². The monoisotopic (exact) mass is 482 g/mol. The molecular formula is C32H19Br. The molecule has 0 spiro atoms. The van der Waals surface area contributed by atoms with Gasteiger partial charge in [-0.15, -0.1) is 0 Å². The summed E-state index contributed by atoms with van der Waals surface area (Å²) < 4.78 is 1.11. The van der Waals surface area contributed by atoms with Crippen molar-refractivity contribution in [2.75, 3.05) is 0 Å². The molecule has 0 saturated carbocycles. The number of fused-ring (bicyclic) bond motifs is 7. The van der Waals surface area contributed by atoms with Gasteiger partial charge in [-0.05, 0) is 101 Å². The van der Waals surface area contributed by atoms with Crippen LogP contribution in [0.4, 0.5) is 0 Å². The van der Waals surface area contributed by atoms with E-state index < -0.39 is 0 Å². The van der Waals surface area contributed by atoms with Crippen LogP contribution in [0.2, 0.25) is 0 Å². The first kappa shape index (κ1) is 18.8. The van der Waals surface area contributed by atoms with E-state index >= 15 is 0 Å². The lowest BCUT2D eigenvalue weighted by Crippen LogP contribution is -1.84. The third kappa shape index (κ3) is 3.04. The van der Waals surface area contributed by atoms with Crippen LogP contribution in [0.25, 0.3) is 65.0 Å². The topological polar surface area (TPSA) is 0 Å². The van der Waals surface area contributed by atoms with E-state index in [2.05, 4.69) is 131 Å². The highest BCUT2D eigenvalue weighted by Crippen LogP contribution is 2.34. The van der Waals surface area contributed by atoms with Gasteiger partial charge in [-0.25, -0.2) is 0 Å². The molecule has 0 heterocycles. The number of benzene rings is 7. The van der Waals surface area contributed by atoms with Crippen LogP contribution in [0.5, 0.6) is 0 Å². The van der Waals surface area contributed by atoms with Crippen LogP contribution in [0.15, 0.2) is 120 Å². The van der Waals surface area contributed by atoms with Crippen LogP contribution in [0, 0.1) is 0 Å². The predicted octanol–water partition coefficient (Wildman–Crippen LogP) is 9.88. The summed E-state index contributed by atoms with van der Waals surface area (Å²) >= 11 is 3.59. The van der Waals surface area contributed by atoms with Gasteiger partial charge in [0.2, 0.25) is 0 Å². The zero-order chi connectivity index (χ0) is 21.9. The second-order valence-corrected chi connectivity index (χ2v) is 9.70. The first-order valence-corrected chi connectivity index (χ1v) is 12.0. The van der Waals surface area contributed by atoms with Crippen molar-refractivity contribution in [2.24, 2.45) is 0 Å². The quantitative estimate of drug-likeness (QED) is 0.161. The van der Waals surface area contributed by atoms with Crippen LogP contribution in [0.3, 0.4) is 0 Å². The molecule has 7 aromatic rings. The molecule has 0 amide bonds. The third-order valence-electron chi connectivity index (χ3n) is 6.83. The van der Waals surface area contributed by atoms with Gasteiger partial charge in [0.15, 0.2) is 0 Å². The summed E-state index contributed by atoms with van der Waals surface area (Å²) in [5, 5.41) is 12.9. The zero-order valence-corrected chi connectivity index (χ0v) is 19.4. The molecule has 0 aliphatic carbocycles. The maximum atomic E-state index is 3.59. The Morgan fingerprint density at radius 1 is 0.333 bits per heavy atom. The minimum Gasteiger partial charge on any atom is -0.0616 e. The summed E-state index contributed by atoms with van der Waals surface area (Å²) in [6.07, 6.45) is 0. The zero-order valence-electron chi connectivity index (χ0n) is 17.8. The fourth-order valence-electron chi connectivity index (χ4n) is 5.16. The molecule has 0 fully saturated rings. The lowest BCUT2D eigenvalue weighted by atomic mass is 9.94. The molecule has 1 heteroatoms. The highest BCUT2D eigenvalue weighted by atomic mass is 79.9. The van der Waals surface area contributed by atoms with Crippen LogP contribution in [-0.4, -0.2) is 0 Å². The molecule has 0 saturated heterocycles. The van der Waals surface area contributed by atoms with Crippen molar-refractivity contribution in [3.05, 3.63) is 120 Å². The first-order chi connectivity index (χ1) is 16.2. The minimum absolute atomic E-state index is 1.11. The summed E-state index contributed by atoms with van der Waals surface area (Å²) in [6, 6.07) is 42.3. The summed E-state index contributed by atoms with van der Waals surface area (Å²) in [4.78, 5) is 0. The number of rotatable bonds is 1. The molecule has 0 atom stereocenters. The smallest absolute Gasteiger partial charge is 0.0181 e. The Morgan fingerprint density at radius 3 is 1.45 bits per heavy atom. The lowest BCUT2D eigenvalue weighted by Gasteiger charge is -2.10. The van der Waals surface area contributed by atoms with Crippen molar-refractivity contribution in [2.45, 2.75) is 0 Å². The van der Waals surface area contributed by atoms with Crippen molar-refractivity contribution in [3.63, 3.8) is 0 Å². The van der Waals surface area contributed by atoms with Crippen LogP contribution in [-0.2, 0) is 0 Å². The van der Waals surface area contributed by atoms with E-state index in [9.17, 15) is 0 Å². The van der Waals surface area contributed by atoms with Crippen molar-refractivity contribution < 1.29 is 0 Å². The number of halogens is 1. The van der Waals surface area contributed by atoms with Crippen molar-refractivity contribution >= 4 is 69.8 Å². The van der Waals surface area contributed by atoms with Gasteiger partial charge in [-0.1, -0.05) is 94.8 Å². The third-order valence-corrected chi connectivity index (χ3v) is 7.33. The highest BCUT2D eigenvalue weighted by Gasteiger charge is 2.07. The van der Waals surface area contributed by atoms with E-state index in [1.54, 1.807) is 0 Å². The molecule has 0 radical (unpaired) electrons. The molecule has 7 rings (SSSR count). The Bertz CT molecular complexity index is 1880. The maximum absolute atomic E-state index is 3.59. The minimum atomic E-state index is 1.11. The largest absolute Gasteiger partial charge is 0.0616 e. The molecule has 0 bridgehead atoms. The highest BCUT2D eigenvalue weighted by molar-refractivity contribution is 9.10. The average molecular weight is 483 g/mol. The van der Waals surface area contributed by atoms with E-state index in [0.29, 0.717) is 0 Å². The average Bonchev–Trinajstić information content (AvgIpc) is 2.86. The van der Waals surface area contributed by atoms with Crippen LogP contribution >= 0.6 is 15.9 Å². The normalized spacial score (nSPS) is 11.8. The van der Waals surface area contributed by atoms with E-state index in [0.717, 1.165) is 4.47 Å². The Hall–Kier alpha value is -3.68. The fourth-order valence-corrected chi connectivity index (χ4v) is 5.53. The van der Waals surface area contributed by atoms with E-state index in [1.165, 1.54) is 65.0 Å². The van der Waals surface area contributed by atoms with Crippen LogP contribution < -0.4 is 0 Å². The Labute approximate surface area is 200 Å². The standard InChI is InChI=1S/C32H19Br/c33-28-11-14-30-27(18-28)8-6-24-16-22(9-12-29(24)30)23-10-13-31-25(17-23)5-7-26-15-20-3-1-2-4-21(20)19-32(26)31/h1-19H. The maximum Gasteiger partial charge on any atom is 0.0181 e. The molecule has 0 aliphatic heterocycles. The van der Waals surface area contributed by atoms with E-state index in [4.69, 9.17) is 0 Å². The van der Waals surface area contributed by atoms with Gasteiger partial charge >= 0.3 is 0 Å². The van der Waals surface area contributed by atoms with Crippen molar-refractivity contribution in [3.8, 4) is 11.1 Å². The predicted molar refractivity (Wildman–Crippen MR) is 147 cm³/mol. The van der Waals surface area contributed by atoms with Gasteiger partial charge in [0.05, 0.1) is 0 Å². The molecule has 0 aliphatic rings. The lowest BCUT2D eigenvalue weighted by molar-refractivity contribution is 1.68. The Morgan fingerprint density at radius 2 is 0.818 bits per heavy atom. The molecule has 0 unspecified atom stereocenters. The van der Waals surface area contributed by atoms with Gasteiger partial charge < -0.3 is 0 Å². The molecule has 0 aromatic heterocycles. The summed E-state index contributed by atoms with van der Waals surface area (Å²) in [5.41, 5.74) is 2.50. The van der Waals surface area contributed by atoms with Gasteiger partial charge in [-0.2, -0.15) is 0 Å². The second kappa shape index (κ2) is 7.16. The molecule has 7 aromatic carbocycles. The SMILES string of the molecule is Brc1ccc2c(ccc3cc(-c4ccc5c(ccc6cc7ccccc7cc65)c4)ccc32)c1. The van der Waals surface area contributed by atoms with Gasteiger partial charge in [0.25, 0.3) is 0 Å². The number of hydrogen-bond acceptors (Lipinski definition) is 0. The van der Waals surface area contributed by atoms with Crippen LogP contribution in [0.1, 0.15) is 0 Å². The summed E-state index contributed by atoms with van der Waals surface area (Å²) in [7, 11) is 0. The van der Waals surface area contributed by atoms with E-state index in [-0.39, 0.29) is 0 Å².